The molecular weight excluding hydrogens is 524 g/mol. The van der Waals surface area contributed by atoms with Gasteiger partial charge in [-0.25, -0.2) is 0 Å². The normalized spacial score (nSPS) is 26.4. The Morgan fingerprint density at radius 3 is 2.19 bits per heavy atom. The molecule has 4 atom stereocenters. The first-order valence-corrected chi connectivity index (χ1v) is 15.0. The van der Waals surface area contributed by atoms with E-state index in [2.05, 4.69) is 36.1 Å². The molecule has 3 heterocycles. The zero-order chi connectivity index (χ0) is 29.5. The van der Waals surface area contributed by atoms with Crippen molar-refractivity contribution in [1.29, 1.82) is 0 Å². The molecule has 218 valence electrons. The van der Waals surface area contributed by atoms with Gasteiger partial charge in [-0.15, -0.1) is 0 Å². The first-order chi connectivity index (χ1) is 20.2. The van der Waals surface area contributed by atoms with Gasteiger partial charge < -0.3 is 10.1 Å². The number of para-hydroxylation sites is 1. The van der Waals surface area contributed by atoms with Crippen molar-refractivity contribution >= 4 is 11.7 Å². The van der Waals surface area contributed by atoms with Crippen LogP contribution in [0.4, 0.5) is 0 Å². The van der Waals surface area contributed by atoms with Crippen LogP contribution in [0.2, 0.25) is 0 Å². The molecular formula is C35H40N4O3. The molecule has 3 saturated carbocycles. The summed E-state index contributed by atoms with van der Waals surface area (Å²) in [5, 5.41) is 3.62. The molecule has 1 aliphatic heterocycles. The Morgan fingerprint density at radius 2 is 1.62 bits per heavy atom. The smallest absolute Gasteiger partial charge is 0.254 e. The number of benzene rings is 1. The van der Waals surface area contributed by atoms with Gasteiger partial charge in [-0.2, -0.15) is 0 Å². The molecule has 1 N–H and O–H groups in total. The number of pyridine rings is 2. The number of hydrogen-bond donors (Lipinski definition) is 1. The third-order valence-corrected chi connectivity index (χ3v) is 10.4. The molecule has 3 aliphatic carbocycles. The number of methoxy groups -OCH3 is 1. The molecule has 3 aromatic rings. The first-order valence-electron chi connectivity index (χ1n) is 15.0. The minimum atomic E-state index is -0.963. The van der Waals surface area contributed by atoms with E-state index in [9.17, 15) is 9.59 Å². The maximum atomic E-state index is 14.7. The van der Waals surface area contributed by atoms with E-state index >= 15 is 0 Å². The molecule has 4 aliphatic rings. The molecule has 0 spiro atoms. The number of hydrogen-bond acceptors (Lipinski definition) is 6. The second kappa shape index (κ2) is 11.0. The van der Waals surface area contributed by atoms with E-state index in [-0.39, 0.29) is 11.7 Å². The summed E-state index contributed by atoms with van der Waals surface area (Å²) in [6.45, 7) is 7.74. The van der Waals surface area contributed by atoms with Crippen LogP contribution in [0.15, 0.2) is 85.2 Å². The number of allylic oxidation sites excluding steroid dienone is 1. The highest BCUT2D eigenvalue weighted by atomic mass is 16.5. The van der Waals surface area contributed by atoms with Crippen molar-refractivity contribution in [2.75, 3.05) is 13.7 Å². The molecule has 7 nitrogen and oxygen atoms in total. The molecule has 4 unspecified atom stereocenters. The van der Waals surface area contributed by atoms with Crippen molar-refractivity contribution in [2.24, 2.45) is 29.1 Å². The predicted molar refractivity (Wildman–Crippen MR) is 162 cm³/mol. The summed E-state index contributed by atoms with van der Waals surface area (Å²) >= 11 is 0. The van der Waals surface area contributed by atoms with Crippen molar-refractivity contribution < 1.29 is 14.3 Å². The van der Waals surface area contributed by atoms with Crippen LogP contribution >= 0.6 is 0 Å². The van der Waals surface area contributed by atoms with Crippen LogP contribution in [0, 0.1) is 29.1 Å². The van der Waals surface area contributed by atoms with E-state index in [1.165, 1.54) is 6.42 Å². The van der Waals surface area contributed by atoms with Crippen LogP contribution in [0.5, 0.6) is 5.75 Å². The Morgan fingerprint density at radius 1 is 1.00 bits per heavy atom. The zero-order valence-corrected chi connectivity index (χ0v) is 24.9. The van der Waals surface area contributed by atoms with Gasteiger partial charge in [0.1, 0.15) is 17.1 Å². The number of nitrogens with zero attached hydrogens (tertiary/aromatic N) is 3. The topological polar surface area (TPSA) is 84.4 Å². The molecule has 1 saturated heterocycles. The standard InChI is InChI=1S/C35H40N4O3/c1-23-26(17-27-18-29(23)34(27,2)3)22-39-32(19-30(40)28-7-5-6-8-31(28)42-4)38-35(33(39)41,20-24-9-13-36-14-10-24)21-25-11-15-37-16-12-25/h5-16,19,23,26-27,29,38H,17-18,20-22H2,1-4H3/b32-19-. The average Bonchev–Trinajstić information content (AvgIpc) is 3.23. The van der Waals surface area contributed by atoms with Crippen LogP contribution in [0.25, 0.3) is 0 Å². The van der Waals surface area contributed by atoms with Crippen molar-refractivity contribution in [2.45, 2.75) is 52.0 Å². The Labute approximate surface area is 248 Å². The van der Waals surface area contributed by atoms with Crippen LogP contribution in [0.1, 0.15) is 55.1 Å². The predicted octanol–water partition coefficient (Wildman–Crippen LogP) is 5.48. The lowest BCUT2D eigenvalue weighted by atomic mass is 9.43. The number of fused-ring (bicyclic) bond motifs is 2. The Bertz CT molecular complexity index is 1440. The van der Waals surface area contributed by atoms with Gasteiger partial charge >= 0.3 is 0 Å². The summed E-state index contributed by atoms with van der Waals surface area (Å²) in [7, 11) is 1.56. The molecule has 0 radical (unpaired) electrons. The average molecular weight is 565 g/mol. The van der Waals surface area contributed by atoms with Crippen molar-refractivity contribution in [3.63, 3.8) is 0 Å². The maximum absolute atomic E-state index is 14.7. The Kier molecular flexibility index (Phi) is 7.37. The van der Waals surface area contributed by atoms with Gasteiger partial charge in [0.05, 0.1) is 12.7 Å². The summed E-state index contributed by atoms with van der Waals surface area (Å²) < 4.78 is 5.49. The second-order valence-electron chi connectivity index (χ2n) is 13.0. The van der Waals surface area contributed by atoms with Gasteiger partial charge in [-0.1, -0.05) is 32.9 Å². The van der Waals surface area contributed by atoms with E-state index in [0.29, 0.717) is 65.6 Å². The molecule has 7 rings (SSSR count). The summed E-state index contributed by atoms with van der Waals surface area (Å²) in [6.07, 6.45) is 11.9. The van der Waals surface area contributed by atoms with Crippen LogP contribution in [0.3, 0.4) is 0 Å². The number of aromatic nitrogens is 2. The summed E-state index contributed by atoms with van der Waals surface area (Å²) in [6, 6.07) is 15.0. The Balaban J connectivity index is 1.39. The molecule has 42 heavy (non-hydrogen) atoms. The Hall–Kier alpha value is -4.00. The number of rotatable bonds is 9. The maximum Gasteiger partial charge on any atom is 0.254 e. The lowest BCUT2D eigenvalue weighted by Crippen LogP contribution is -2.57. The van der Waals surface area contributed by atoms with Gasteiger partial charge in [0.2, 0.25) is 0 Å². The van der Waals surface area contributed by atoms with Gasteiger partial charge in [-0.05, 0) is 89.5 Å². The van der Waals surface area contributed by atoms with Gasteiger partial charge in [0.25, 0.3) is 5.91 Å². The molecule has 2 bridgehead atoms. The van der Waals surface area contributed by atoms with Crippen molar-refractivity contribution in [3.05, 3.63) is 102 Å². The van der Waals surface area contributed by atoms with Crippen molar-refractivity contribution in [1.82, 2.24) is 20.2 Å². The van der Waals surface area contributed by atoms with E-state index < -0.39 is 5.54 Å². The molecule has 1 amide bonds. The fraction of sp³-hybridized carbons (Fsp3) is 0.429. The third kappa shape index (κ3) is 4.99. The monoisotopic (exact) mass is 564 g/mol. The number of ketones is 1. The third-order valence-electron chi connectivity index (χ3n) is 10.4. The van der Waals surface area contributed by atoms with E-state index in [0.717, 1.165) is 17.5 Å². The first kappa shape index (κ1) is 28.1. The van der Waals surface area contributed by atoms with Gasteiger partial charge in [-0.3, -0.25) is 24.5 Å². The summed E-state index contributed by atoms with van der Waals surface area (Å²) in [5.74, 6) is 3.08. The highest BCUT2D eigenvalue weighted by Crippen LogP contribution is 2.63. The van der Waals surface area contributed by atoms with Crippen LogP contribution < -0.4 is 10.1 Å². The highest BCUT2D eigenvalue weighted by Gasteiger charge is 2.57. The molecule has 4 fully saturated rings. The second-order valence-corrected chi connectivity index (χ2v) is 13.0. The molecule has 1 aromatic carbocycles. The lowest BCUT2D eigenvalue weighted by Gasteiger charge is -2.62. The highest BCUT2D eigenvalue weighted by molar-refractivity contribution is 6.07. The van der Waals surface area contributed by atoms with Crippen molar-refractivity contribution in [3.8, 4) is 5.75 Å². The minimum absolute atomic E-state index is 0.000841. The fourth-order valence-corrected chi connectivity index (χ4v) is 7.81. The van der Waals surface area contributed by atoms with E-state index in [1.54, 1.807) is 50.1 Å². The number of ether oxygens (including phenoxy) is 1. The quantitative estimate of drug-likeness (QED) is 0.274. The van der Waals surface area contributed by atoms with Crippen LogP contribution in [-0.2, 0) is 17.6 Å². The number of amides is 1. The summed E-state index contributed by atoms with van der Waals surface area (Å²) in [4.78, 5) is 38.7. The number of carbonyl (C=O) groups is 2. The zero-order valence-electron chi connectivity index (χ0n) is 24.9. The van der Waals surface area contributed by atoms with Gasteiger partial charge in [0, 0.05) is 50.2 Å². The van der Waals surface area contributed by atoms with Crippen LogP contribution in [-0.4, -0.2) is 45.8 Å². The summed E-state index contributed by atoms with van der Waals surface area (Å²) in [5.41, 5.74) is 1.87. The SMILES string of the molecule is COc1ccccc1C(=O)/C=C1/NC(Cc2ccncc2)(Cc2ccncc2)C(=O)N1CC1CC2CC(C1C)C2(C)C. The largest absolute Gasteiger partial charge is 0.496 e. The minimum Gasteiger partial charge on any atom is -0.496 e. The molecule has 2 aromatic heterocycles. The lowest BCUT2D eigenvalue weighted by molar-refractivity contribution is -0.142. The van der Waals surface area contributed by atoms with E-state index in [4.69, 9.17) is 4.74 Å². The number of nitrogens with one attached hydrogen (secondary N) is 1. The number of carbonyl (C=O) groups excluding carboxylic acids is 2. The van der Waals surface area contributed by atoms with E-state index in [1.807, 2.05) is 41.3 Å². The van der Waals surface area contributed by atoms with Gasteiger partial charge in [0.15, 0.2) is 5.78 Å². The molecule has 7 heteroatoms. The fourth-order valence-electron chi connectivity index (χ4n) is 7.81.